The zero-order chi connectivity index (χ0) is 31.8. The number of fused-ring (bicyclic) bond motifs is 1. The molecule has 1 amide bonds. The molecule has 1 saturated carbocycles. The molecule has 6 rings (SSSR count). The lowest BCUT2D eigenvalue weighted by atomic mass is 10.0. The summed E-state index contributed by atoms with van der Waals surface area (Å²) < 4.78 is 74.9. The van der Waals surface area contributed by atoms with Crippen LogP contribution in [0.3, 0.4) is 0 Å². The van der Waals surface area contributed by atoms with Crippen molar-refractivity contribution in [2.45, 2.75) is 74.3 Å². The number of sulfonamides is 1. The first-order valence-electron chi connectivity index (χ1n) is 15.6. The predicted octanol–water partition coefficient (Wildman–Crippen LogP) is 5.00. The topological polar surface area (TPSA) is 96.2 Å². The normalized spacial score (nSPS) is 21.4. The number of nitrogens with two attached hydrogens (primary N) is 1. The van der Waals surface area contributed by atoms with Gasteiger partial charge in [0.15, 0.2) is 0 Å². The maximum atomic E-state index is 14.2. The quantitative estimate of drug-likeness (QED) is 0.389. The minimum atomic E-state index is -4.43. The standard InChI is InChI=1S/C33H39F3N4O4S/c34-33(35,36)26-9-5-23(6-10-26)21-38-17-18-40(31(22-38)32(41)39-15-13-27(37)14-16-39)45(42,43)30-12-8-24-19-29(11-7-25(24)20-30)44-28-3-1-2-4-28/h5-12,19-20,27-28,31H,1-4,13-18,21-22,37H2/t31-/m1/s1. The Morgan fingerprint density at radius 3 is 2.22 bits per heavy atom. The van der Waals surface area contributed by atoms with E-state index in [9.17, 15) is 26.4 Å². The van der Waals surface area contributed by atoms with Crippen LogP contribution in [0.4, 0.5) is 13.2 Å². The summed E-state index contributed by atoms with van der Waals surface area (Å²) in [7, 11) is -4.07. The van der Waals surface area contributed by atoms with Crippen LogP contribution in [0.15, 0.2) is 65.6 Å². The molecule has 1 atom stereocenters. The van der Waals surface area contributed by atoms with Gasteiger partial charge in [-0.15, -0.1) is 0 Å². The van der Waals surface area contributed by atoms with Crippen LogP contribution in [0.2, 0.25) is 0 Å². The molecule has 0 aromatic heterocycles. The van der Waals surface area contributed by atoms with Crippen LogP contribution in [0, 0.1) is 0 Å². The lowest BCUT2D eigenvalue weighted by Gasteiger charge is -2.42. The van der Waals surface area contributed by atoms with Gasteiger partial charge in [-0.2, -0.15) is 17.5 Å². The fourth-order valence-electron chi connectivity index (χ4n) is 6.61. The van der Waals surface area contributed by atoms with Crippen LogP contribution in [0.1, 0.15) is 49.7 Å². The molecular weight excluding hydrogens is 605 g/mol. The third kappa shape index (κ3) is 7.14. The highest BCUT2D eigenvalue weighted by atomic mass is 32.2. The minimum absolute atomic E-state index is 0.00177. The molecule has 2 N–H and O–H groups in total. The molecule has 2 aliphatic heterocycles. The summed E-state index contributed by atoms with van der Waals surface area (Å²) in [6.45, 7) is 1.71. The number of amides is 1. The molecule has 8 nitrogen and oxygen atoms in total. The molecule has 3 aromatic carbocycles. The van der Waals surface area contributed by atoms with Gasteiger partial charge in [0.05, 0.1) is 16.6 Å². The lowest BCUT2D eigenvalue weighted by Crippen LogP contribution is -2.61. The van der Waals surface area contributed by atoms with Crippen LogP contribution in [-0.2, 0) is 27.5 Å². The zero-order valence-corrected chi connectivity index (χ0v) is 25.9. The Bertz CT molecular complexity index is 1620. The maximum absolute atomic E-state index is 14.2. The van der Waals surface area contributed by atoms with Crippen molar-refractivity contribution in [1.29, 1.82) is 0 Å². The highest BCUT2D eigenvalue weighted by molar-refractivity contribution is 7.89. The molecule has 242 valence electrons. The number of likely N-dealkylation sites (tertiary alicyclic amines) is 1. The van der Waals surface area contributed by atoms with Crippen molar-refractivity contribution in [3.05, 3.63) is 71.8 Å². The minimum Gasteiger partial charge on any atom is -0.490 e. The van der Waals surface area contributed by atoms with Crippen LogP contribution in [-0.4, -0.2) is 79.3 Å². The van der Waals surface area contributed by atoms with Crippen LogP contribution < -0.4 is 10.5 Å². The molecule has 0 spiro atoms. The largest absolute Gasteiger partial charge is 0.490 e. The van der Waals surface area contributed by atoms with Crippen LogP contribution in [0.25, 0.3) is 10.8 Å². The summed E-state index contributed by atoms with van der Waals surface area (Å²) in [5, 5.41) is 1.62. The molecule has 2 saturated heterocycles. The van der Waals surface area contributed by atoms with Crippen molar-refractivity contribution in [2.24, 2.45) is 5.73 Å². The first-order valence-corrected chi connectivity index (χ1v) is 17.1. The first-order chi connectivity index (χ1) is 21.5. The number of halogens is 3. The van der Waals surface area contributed by atoms with E-state index in [1.165, 1.54) is 16.4 Å². The Kier molecular flexibility index (Phi) is 9.11. The van der Waals surface area contributed by atoms with Crippen LogP contribution in [0.5, 0.6) is 5.75 Å². The Morgan fingerprint density at radius 1 is 0.867 bits per heavy atom. The highest BCUT2D eigenvalue weighted by Gasteiger charge is 2.42. The Labute approximate surface area is 262 Å². The second-order valence-electron chi connectivity index (χ2n) is 12.4. The molecule has 3 aromatic rings. The average Bonchev–Trinajstić information content (AvgIpc) is 3.53. The van der Waals surface area contributed by atoms with E-state index in [4.69, 9.17) is 10.5 Å². The summed E-state index contributed by atoms with van der Waals surface area (Å²) in [6, 6.07) is 14.6. The van der Waals surface area contributed by atoms with Gasteiger partial charge in [0, 0.05) is 45.3 Å². The van der Waals surface area contributed by atoms with E-state index in [0.29, 0.717) is 44.6 Å². The van der Waals surface area contributed by atoms with Gasteiger partial charge in [0.1, 0.15) is 11.8 Å². The van der Waals surface area contributed by atoms with Gasteiger partial charge in [-0.05, 0) is 91.3 Å². The van der Waals surface area contributed by atoms with E-state index in [1.807, 2.05) is 23.1 Å². The Balaban J connectivity index is 1.23. The van der Waals surface area contributed by atoms with E-state index in [-0.39, 0.29) is 36.0 Å². The average molecular weight is 645 g/mol. The third-order valence-electron chi connectivity index (χ3n) is 9.23. The monoisotopic (exact) mass is 644 g/mol. The first kappa shape index (κ1) is 31.8. The van der Waals surface area contributed by atoms with E-state index in [0.717, 1.165) is 54.3 Å². The number of piperazine rings is 1. The van der Waals surface area contributed by atoms with Crippen molar-refractivity contribution in [2.75, 3.05) is 32.7 Å². The Hall–Kier alpha value is -3.19. The maximum Gasteiger partial charge on any atom is 0.416 e. The Morgan fingerprint density at radius 2 is 1.53 bits per heavy atom. The number of piperidine rings is 1. The number of hydrogen-bond acceptors (Lipinski definition) is 6. The number of benzene rings is 3. The lowest BCUT2D eigenvalue weighted by molar-refractivity contribution is -0.138. The number of carbonyl (C=O) groups is 1. The van der Waals surface area contributed by atoms with E-state index in [1.54, 1.807) is 23.1 Å². The number of hydrogen-bond donors (Lipinski definition) is 1. The van der Waals surface area contributed by atoms with E-state index >= 15 is 0 Å². The smallest absolute Gasteiger partial charge is 0.416 e. The fourth-order valence-corrected chi connectivity index (χ4v) is 8.21. The van der Waals surface area contributed by atoms with Gasteiger partial charge in [0.25, 0.3) is 0 Å². The SMILES string of the molecule is NC1CCN(C(=O)[C@H]2CN(Cc3ccc(C(F)(F)F)cc3)CCN2S(=O)(=O)c2ccc3cc(OC4CCCC4)ccc3c2)CC1. The molecule has 0 unspecified atom stereocenters. The molecule has 2 heterocycles. The second-order valence-corrected chi connectivity index (χ2v) is 14.3. The van der Waals surface area contributed by atoms with Gasteiger partial charge in [-0.3, -0.25) is 9.69 Å². The molecule has 12 heteroatoms. The summed E-state index contributed by atoms with van der Waals surface area (Å²) in [5.41, 5.74) is 5.98. The number of ether oxygens (including phenoxy) is 1. The number of nitrogens with zero attached hydrogens (tertiary/aromatic N) is 3. The number of rotatable bonds is 7. The summed E-state index contributed by atoms with van der Waals surface area (Å²) in [6.07, 6.45) is 1.46. The molecule has 45 heavy (non-hydrogen) atoms. The molecule has 1 aliphatic carbocycles. The summed E-state index contributed by atoms with van der Waals surface area (Å²) >= 11 is 0. The molecular formula is C33H39F3N4O4S. The molecule has 3 aliphatic rings. The molecule has 0 radical (unpaired) electrons. The summed E-state index contributed by atoms with van der Waals surface area (Å²) in [4.78, 5) is 17.6. The number of alkyl halides is 3. The predicted molar refractivity (Wildman–Crippen MR) is 165 cm³/mol. The molecule has 0 bridgehead atoms. The summed E-state index contributed by atoms with van der Waals surface area (Å²) in [5.74, 6) is 0.484. The van der Waals surface area contributed by atoms with Gasteiger partial charge in [0.2, 0.25) is 15.9 Å². The van der Waals surface area contributed by atoms with Crippen LogP contribution >= 0.6 is 0 Å². The van der Waals surface area contributed by atoms with E-state index < -0.39 is 27.8 Å². The van der Waals surface area contributed by atoms with Crippen molar-refractivity contribution in [3.8, 4) is 5.75 Å². The van der Waals surface area contributed by atoms with Crippen molar-refractivity contribution in [1.82, 2.24) is 14.1 Å². The van der Waals surface area contributed by atoms with Gasteiger partial charge in [-0.1, -0.05) is 24.3 Å². The highest BCUT2D eigenvalue weighted by Crippen LogP contribution is 2.32. The van der Waals surface area contributed by atoms with Gasteiger partial charge in [-0.25, -0.2) is 8.42 Å². The van der Waals surface area contributed by atoms with Gasteiger partial charge < -0.3 is 15.4 Å². The third-order valence-corrected chi connectivity index (χ3v) is 11.1. The van der Waals surface area contributed by atoms with Crippen molar-refractivity contribution >= 4 is 26.7 Å². The van der Waals surface area contributed by atoms with Gasteiger partial charge >= 0.3 is 6.18 Å². The van der Waals surface area contributed by atoms with Crippen molar-refractivity contribution in [3.63, 3.8) is 0 Å². The zero-order valence-electron chi connectivity index (χ0n) is 25.1. The van der Waals surface area contributed by atoms with E-state index in [2.05, 4.69) is 0 Å². The second kappa shape index (κ2) is 12.9. The number of carbonyl (C=O) groups excluding carboxylic acids is 1. The molecule has 3 fully saturated rings. The van der Waals surface area contributed by atoms with Crippen molar-refractivity contribution < 1.29 is 31.1 Å². The fraction of sp³-hybridized carbons (Fsp3) is 0.485.